The van der Waals surface area contributed by atoms with Crippen LogP contribution in [0, 0.1) is 0 Å². The smallest absolute Gasteiger partial charge is 0.0943 e. The van der Waals surface area contributed by atoms with Gasteiger partial charge in [-0.05, 0) is 6.42 Å². The Balaban J connectivity index is 0.000000187. The van der Waals surface area contributed by atoms with Crippen LogP contribution in [0.15, 0.2) is 18.7 Å². The highest BCUT2D eigenvalue weighted by Gasteiger charge is 1.70. The van der Waals surface area contributed by atoms with Gasteiger partial charge in [0.15, 0.2) is 0 Å². The number of unbranched alkanes of at least 4 members (excludes halogenated alkanes) is 1. The van der Waals surface area contributed by atoms with Crippen LogP contribution in [-0.2, 0) is 7.05 Å². The third-order valence-corrected chi connectivity index (χ3v) is 1.39. The van der Waals surface area contributed by atoms with Crippen LogP contribution in [0.3, 0.4) is 0 Å². The summed E-state index contributed by atoms with van der Waals surface area (Å²) in [5.41, 5.74) is 0. The van der Waals surface area contributed by atoms with E-state index in [1.165, 1.54) is 6.42 Å². The van der Waals surface area contributed by atoms with Gasteiger partial charge in [0, 0.05) is 25.3 Å². The molecule has 2 nitrogen and oxygen atoms in total. The summed E-state index contributed by atoms with van der Waals surface area (Å²) in [6, 6.07) is 0. The maximum Gasteiger partial charge on any atom is 0.0943 e. The first-order chi connectivity index (χ1) is 5.31. The summed E-state index contributed by atoms with van der Waals surface area (Å²) in [7, 11) is 1.94. The average molecular weight is 175 g/mol. The second-order valence-corrected chi connectivity index (χ2v) is 2.65. The minimum atomic E-state index is 0.816. The first-order valence-electron chi connectivity index (χ1n) is 3.79. The number of halogens is 1. The SMILES string of the molecule is CCCCCl.Cn1ccnc1. The monoisotopic (exact) mass is 174 g/mol. The molecular formula is C8H15ClN2. The Kier molecular flexibility index (Phi) is 7.26. The number of imidazole rings is 1. The molecule has 11 heavy (non-hydrogen) atoms. The largest absolute Gasteiger partial charge is 0.341 e. The average Bonchev–Trinajstić information content (AvgIpc) is 2.43. The van der Waals surface area contributed by atoms with Crippen LogP contribution in [0.2, 0.25) is 0 Å². The van der Waals surface area contributed by atoms with E-state index < -0.39 is 0 Å². The number of rotatable bonds is 2. The van der Waals surface area contributed by atoms with E-state index >= 15 is 0 Å². The van der Waals surface area contributed by atoms with Gasteiger partial charge < -0.3 is 4.57 Å². The van der Waals surface area contributed by atoms with Crippen molar-refractivity contribution in [2.24, 2.45) is 7.05 Å². The quantitative estimate of drug-likeness (QED) is 0.630. The topological polar surface area (TPSA) is 17.8 Å². The molecule has 0 aliphatic rings. The molecule has 1 aromatic heterocycles. The molecule has 0 aromatic carbocycles. The molecule has 64 valence electrons. The zero-order valence-electron chi connectivity index (χ0n) is 7.13. The molecule has 3 heteroatoms. The molecule has 0 spiro atoms. The Bertz CT molecular complexity index is 147. The van der Waals surface area contributed by atoms with Crippen molar-refractivity contribution in [2.45, 2.75) is 19.8 Å². The first kappa shape index (κ1) is 10.5. The van der Waals surface area contributed by atoms with Gasteiger partial charge in [-0.1, -0.05) is 13.3 Å². The summed E-state index contributed by atoms with van der Waals surface area (Å²) in [6.45, 7) is 2.13. The van der Waals surface area contributed by atoms with Crippen molar-refractivity contribution >= 4 is 11.6 Å². The zero-order chi connectivity index (χ0) is 8.53. The molecule has 0 saturated heterocycles. The lowest BCUT2D eigenvalue weighted by Crippen LogP contribution is -1.76. The van der Waals surface area contributed by atoms with Crippen molar-refractivity contribution in [1.29, 1.82) is 0 Å². The fourth-order valence-electron chi connectivity index (χ4n) is 0.459. The van der Waals surface area contributed by atoms with E-state index in [0.29, 0.717) is 0 Å². The van der Waals surface area contributed by atoms with E-state index in [4.69, 9.17) is 11.6 Å². The number of nitrogens with zero attached hydrogens (tertiary/aromatic N) is 2. The molecule has 0 unspecified atom stereocenters. The lowest BCUT2D eigenvalue weighted by atomic mass is 10.4. The highest BCUT2D eigenvalue weighted by atomic mass is 35.5. The summed E-state index contributed by atoms with van der Waals surface area (Å²) < 4.78 is 1.89. The van der Waals surface area contributed by atoms with Gasteiger partial charge in [0.1, 0.15) is 0 Å². The van der Waals surface area contributed by atoms with Gasteiger partial charge in [0.05, 0.1) is 6.33 Å². The van der Waals surface area contributed by atoms with Crippen molar-refractivity contribution in [3.05, 3.63) is 18.7 Å². The van der Waals surface area contributed by atoms with E-state index in [9.17, 15) is 0 Å². The predicted molar refractivity (Wildman–Crippen MR) is 48.8 cm³/mol. The van der Waals surface area contributed by atoms with E-state index in [-0.39, 0.29) is 0 Å². The van der Waals surface area contributed by atoms with E-state index in [0.717, 1.165) is 12.3 Å². The van der Waals surface area contributed by atoms with Gasteiger partial charge in [-0.3, -0.25) is 0 Å². The van der Waals surface area contributed by atoms with Gasteiger partial charge >= 0.3 is 0 Å². The molecule has 0 radical (unpaired) electrons. The molecule has 1 heterocycles. The van der Waals surface area contributed by atoms with Gasteiger partial charge in [-0.25, -0.2) is 4.98 Å². The molecule has 0 aliphatic carbocycles. The Morgan fingerprint density at radius 3 is 2.36 bits per heavy atom. The van der Waals surface area contributed by atoms with Crippen LogP contribution >= 0.6 is 11.6 Å². The van der Waals surface area contributed by atoms with Crippen LogP contribution in [0.25, 0.3) is 0 Å². The van der Waals surface area contributed by atoms with Crippen LogP contribution in [0.1, 0.15) is 19.8 Å². The highest BCUT2D eigenvalue weighted by Crippen LogP contribution is 1.86. The minimum absolute atomic E-state index is 0.816. The van der Waals surface area contributed by atoms with E-state index in [1.54, 1.807) is 12.5 Å². The van der Waals surface area contributed by atoms with Crippen molar-refractivity contribution in [1.82, 2.24) is 9.55 Å². The maximum absolute atomic E-state index is 5.30. The number of hydrogen-bond acceptors (Lipinski definition) is 1. The van der Waals surface area contributed by atoms with Crippen LogP contribution in [0.5, 0.6) is 0 Å². The number of alkyl halides is 1. The summed E-state index contributed by atoms with van der Waals surface area (Å²) in [6.07, 6.45) is 7.76. The summed E-state index contributed by atoms with van der Waals surface area (Å²) in [4.78, 5) is 3.78. The summed E-state index contributed by atoms with van der Waals surface area (Å²) in [5.74, 6) is 0.816. The molecule has 1 rings (SSSR count). The molecule has 0 saturated carbocycles. The number of aromatic nitrogens is 2. The number of hydrogen-bond donors (Lipinski definition) is 0. The molecule has 0 fully saturated rings. The molecule has 0 amide bonds. The maximum atomic E-state index is 5.30. The normalized spacial score (nSPS) is 8.64. The van der Waals surface area contributed by atoms with Gasteiger partial charge in [0.25, 0.3) is 0 Å². The fourth-order valence-corrected chi connectivity index (χ4v) is 0.727. The Hall–Kier alpha value is -0.500. The van der Waals surface area contributed by atoms with Crippen LogP contribution in [-0.4, -0.2) is 15.4 Å². The van der Waals surface area contributed by atoms with Crippen molar-refractivity contribution < 1.29 is 0 Å². The minimum Gasteiger partial charge on any atom is -0.341 e. The lowest BCUT2D eigenvalue weighted by Gasteiger charge is -1.77. The highest BCUT2D eigenvalue weighted by molar-refractivity contribution is 6.17. The van der Waals surface area contributed by atoms with Gasteiger partial charge in [-0.2, -0.15) is 0 Å². The summed E-state index contributed by atoms with van der Waals surface area (Å²) >= 11 is 5.30. The van der Waals surface area contributed by atoms with Crippen LogP contribution in [0.4, 0.5) is 0 Å². The molecule has 0 aliphatic heterocycles. The molecular weight excluding hydrogens is 160 g/mol. The van der Waals surface area contributed by atoms with Crippen molar-refractivity contribution in [3.63, 3.8) is 0 Å². The van der Waals surface area contributed by atoms with Gasteiger partial charge in [-0.15, -0.1) is 11.6 Å². The molecule has 0 N–H and O–H groups in total. The number of aryl methyl sites for hydroxylation is 1. The first-order valence-corrected chi connectivity index (χ1v) is 4.32. The Morgan fingerprint density at radius 2 is 2.27 bits per heavy atom. The van der Waals surface area contributed by atoms with Gasteiger partial charge in [0.2, 0.25) is 0 Å². The Labute approximate surface area is 73.2 Å². The van der Waals surface area contributed by atoms with Crippen molar-refractivity contribution in [2.75, 3.05) is 5.88 Å². The third kappa shape index (κ3) is 7.40. The lowest BCUT2D eigenvalue weighted by molar-refractivity contribution is 0.892. The zero-order valence-corrected chi connectivity index (χ0v) is 7.88. The van der Waals surface area contributed by atoms with E-state index in [2.05, 4.69) is 11.9 Å². The standard InChI is InChI=1S/C4H9Cl.C4H6N2/c1-2-3-4-5;1-6-3-2-5-4-6/h2-4H2,1H3;2-4H,1H3. The second kappa shape index (κ2) is 7.61. The van der Waals surface area contributed by atoms with Crippen molar-refractivity contribution in [3.8, 4) is 0 Å². The van der Waals surface area contributed by atoms with E-state index in [1.807, 2.05) is 17.8 Å². The Morgan fingerprint density at radius 1 is 1.55 bits per heavy atom. The molecule has 0 atom stereocenters. The second-order valence-electron chi connectivity index (χ2n) is 2.27. The third-order valence-electron chi connectivity index (χ3n) is 1.12. The molecule has 1 aromatic rings. The fraction of sp³-hybridized carbons (Fsp3) is 0.625. The molecule has 0 bridgehead atoms. The predicted octanol–water partition coefficient (Wildman–Crippen LogP) is 2.45. The van der Waals surface area contributed by atoms with Crippen LogP contribution < -0.4 is 0 Å². The summed E-state index contributed by atoms with van der Waals surface area (Å²) in [5, 5.41) is 0.